The highest BCUT2D eigenvalue weighted by molar-refractivity contribution is 7.92. The van der Waals surface area contributed by atoms with E-state index >= 15 is 0 Å². The predicted molar refractivity (Wildman–Crippen MR) is 110 cm³/mol. The Bertz CT molecular complexity index is 1230. The van der Waals surface area contributed by atoms with Gasteiger partial charge in [0.2, 0.25) is 0 Å². The van der Waals surface area contributed by atoms with Gasteiger partial charge < -0.3 is 0 Å². The van der Waals surface area contributed by atoms with Crippen LogP contribution in [0.1, 0.15) is 17.3 Å². The summed E-state index contributed by atoms with van der Waals surface area (Å²) in [5.41, 5.74) is 0.921. The van der Waals surface area contributed by atoms with Crippen LogP contribution in [0, 0.1) is 6.92 Å². The number of sulfonamides is 1. The fourth-order valence-electron chi connectivity index (χ4n) is 3.57. The molecule has 1 amide bonds. The number of halogens is 3. The van der Waals surface area contributed by atoms with Gasteiger partial charge in [-0.25, -0.2) is 12.7 Å². The Morgan fingerprint density at radius 1 is 0.839 bits per heavy atom. The fraction of sp³-hybridized carbons (Fsp3) is 0.136. The van der Waals surface area contributed by atoms with Crippen molar-refractivity contribution in [2.45, 2.75) is 24.2 Å². The van der Waals surface area contributed by atoms with Crippen LogP contribution in [0.2, 0.25) is 0 Å². The van der Waals surface area contributed by atoms with Gasteiger partial charge in [0, 0.05) is 0 Å². The third-order valence-corrected chi connectivity index (χ3v) is 6.76. The van der Waals surface area contributed by atoms with Crippen LogP contribution in [0.3, 0.4) is 0 Å². The van der Waals surface area contributed by atoms with Gasteiger partial charge >= 0.3 is 12.1 Å². The van der Waals surface area contributed by atoms with Crippen molar-refractivity contribution in [3.8, 4) is 0 Å². The standard InChI is InChI=1S/C22H17F3N2O3S/c1-15-11-13-17(14-12-15)31(29,30)27-19-10-6-5-9-18(19)26(21(28)22(23,24)25)20(27)16-7-3-2-4-8-16/h2-14,20H,1H3. The lowest BCUT2D eigenvalue weighted by Crippen LogP contribution is -2.47. The van der Waals surface area contributed by atoms with Crippen LogP contribution in [0.15, 0.2) is 83.8 Å². The minimum atomic E-state index is -5.19. The molecule has 31 heavy (non-hydrogen) atoms. The molecule has 0 radical (unpaired) electrons. The highest BCUT2D eigenvalue weighted by Crippen LogP contribution is 2.50. The summed E-state index contributed by atoms with van der Waals surface area (Å²) in [4.78, 5) is 12.9. The zero-order valence-electron chi connectivity index (χ0n) is 16.2. The minimum absolute atomic E-state index is 0.00507. The second-order valence-corrected chi connectivity index (χ2v) is 8.87. The van der Waals surface area contributed by atoms with Crippen molar-refractivity contribution in [3.63, 3.8) is 0 Å². The fourth-order valence-corrected chi connectivity index (χ4v) is 5.17. The van der Waals surface area contributed by atoms with Gasteiger partial charge in [0.05, 0.1) is 16.3 Å². The van der Waals surface area contributed by atoms with Crippen molar-refractivity contribution in [3.05, 3.63) is 90.0 Å². The maximum Gasteiger partial charge on any atom is 0.471 e. The summed E-state index contributed by atoms with van der Waals surface area (Å²) in [7, 11) is -4.31. The minimum Gasteiger partial charge on any atom is -0.276 e. The topological polar surface area (TPSA) is 57.7 Å². The molecule has 9 heteroatoms. The molecule has 0 spiro atoms. The summed E-state index contributed by atoms with van der Waals surface area (Å²) in [6.45, 7) is 1.79. The Labute approximate surface area is 177 Å². The Hall–Kier alpha value is -3.33. The number of aryl methyl sites for hydroxylation is 1. The van der Waals surface area contributed by atoms with E-state index in [0.29, 0.717) is 4.90 Å². The number of nitrogens with zero attached hydrogens (tertiary/aromatic N) is 2. The SMILES string of the molecule is Cc1ccc(S(=O)(=O)N2c3ccccc3N(C(=O)C(F)(F)F)C2c2ccccc2)cc1. The normalized spacial score (nSPS) is 16.3. The second-order valence-electron chi connectivity index (χ2n) is 7.06. The van der Waals surface area contributed by atoms with Gasteiger partial charge in [-0.05, 0) is 36.8 Å². The molecule has 0 bridgehead atoms. The maximum atomic E-state index is 13.6. The van der Waals surface area contributed by atoms with Gasteiger partial charge in [-0.15, -0.1) is 0 Å². The van der Waals surface area contributed by atoms with Crippen LogP contribution < -0.4 is 9.21 Å². The van der Waals surface area contributed by atoms with Gasteiger partial charge in [-0.2, -0.15) is 13.2 Å². The van der Waals surface area contributed by atoms with E-state index in [-0.39, 0.29) is 21.8 Å². The molecule has 1 unspecified atom stereocenters. The molecule has 0 aromatic heterocycles. The maximum absolute atomic E-state index is 13.6. The van der Waals surface area contributed by atoms with E-state index in [1.54, 1.807) is 37.3 Å². The van der Waals surface area contributed by atoms with Gasteiger partial charge in [0.25, 0.3) is 10.0 Å². The van der Waals surface area contributed by atoms with Crippen molar-refractivity contribution in [1.29, 1.82) is 0 Å². The van der Waals surface area contributed by atoms with Crippen molar-refractivity contribution in [1.82, 2.24) is 0 Å². The summed E-state index contributed by atoms with van der Waals surface area (Å²) >= 11 is 0. The number of carbonyl (C=O) groups excluding carboxylic acids is 1. The molecule has 0 aliphatic carbocycles. The van der Waals surface area contributed by atoms with E-state index in [9.17, 15) is 26.4 Å². The number of hydrogen-bond acceptors (Lipinski definition) is 3. The Morgan fingerprint density at radius 2 is 1.39 bits per heavy atom. The highest BCUT2D eigenvalue weighted by Gasteiger charge is 2.53. The van der Waals surface area contributed by atoms with Crippen LogP contribution in [-0.4, -0.2) is 20.5 Å². The first kappa shape index (κ1) is 20.9. The molecule has 0 saturated heterocycles. The smallest absolute Gasteiger partial charge is 0.276 e. The Kier molecular flexibility index (Phi) is 5.01. The number of benzene rings is 3. The number of hydrogen-bond donors (Lipinski definition) is 0. The lowest BCUT2D eigenvalue weighted by atomic mass is 10.1. The summed E-state index contributed by atoms with van der Waals surface area (Å²) < 4.78 is 68.7. The average Bonchev–Trinajstić information content (AvgIpc) is 3.09. The van der Waals surface area contributed by atoms with Gasteiger partial charge in [-0.3, -0.25) is 9.69 Å². The van der Waals surface area contributed by atoms with Crippen LogP contribution in [0.25, 0.3) is 0 Å². The number of carbonyl (C=O) groups is 1. The lowest BCUT2D eigenvalue weighted by Gasteiger charge is -2.32. The van der Waals surface area contributed by atoms with Crippen molar-refractivity contribution in [2.75, 3.05) is 9.21 Å². The summed E-state index contributed by atoms with van der Waals surface area (Å²) in [6.07, 6.45) is -6.72. The molecule has 5 nitrogen and oxygen atoms in total. The van der Waals surface area contributed by atoms with E-state index < -0.39 is 28.3 Å². The number of amides is 1. The quantitative estimate of drug-likeness (QED) is 0.581. The Morgan fingerprint density at radius 3 is 1.97 bits per heavy atom. The molecule has 0 N–H and O–H groups in total. The molecule has 1 heterocycles. The number of fused-ring (bicyclic) bond motifs is 1. The van der Waals surface area contributed by atoms with Crippen molar-refractivity contribution in [2.24, 2.45) is 0 Å². The van der Waals surface area contributed by atoms with Crippen molar-refractivity contribution < 1.29 is 26.4 Å². The van der Waals surface area contributed by atoms with E-state index in [4.69, 9.17) is 0 Å². The molecular formula is C22H17F3N2O3S. The molecule has 1 aliphatic heterocycles. The molecule has 1 atom stereocenters. The monoisotopic (exact) mass is 446 g/mol. The molecule has 3 aromatic carbocycles. The molecule has 0 fully saturated rings. The molecule has 0 saturated carbocycles. The first-order valence-corrected chi connectivity index (χ1v) is 10.7. The third kappa shape index (κ3) is 3.54. The molecule has 4 rings (SSSR count). The number of alkyl halides is 3. The van der Waals surface area contributed by atoms with Gasteiger partial charge in [0.15, 0.2) is 6.17 Å². The average molecular weight is 446 g/mol. The zero-order chi connectivity index (χ0) is 22.4. The van der Waals surface area contributed by atoms with Gasteiger partial charge in [-0.1, -0.05) is 60.2 Å². The van der Waals surface area contributed by atoms with Gasteiger partial charge in [0.1, 0.15) is 0 Å². The van der Waals surface area contributed by atoms with Crippen LogP contribution in [0.5, 0.6) is 0 Å². The number of para-hydroxylation sites is 2. The molecular weight excluding hydrogens is 429 g/mol. The zero-order valence-corrected chi connectivity index (χ0v) is 17.1. The van der Waals surface area contributed by atoms with E-state index in [0.717, 1.165) is 9.87 Å². The van der Waals surface area contributed by atoms with E-state index in [1.807, 2.05) is 0 Å². The first-order chi connectivity index (χ1) is 14.6. The van der Waals surface area contributed by atoms with Crippen LogP contribution >= 0.6 is 0 Å². The first-order valence-electron chi connectivity index (χ1n) is 9.28. The molecule has 160 valence electrons. The summed E-state index contributed by atoms with van der Waals surface area (Å²) in [5, 5.41) is 0. The highest BCUT2D eigenvalue weighted by atomic mass is 32.2. The lowest BCUT2D eigenvalue weighted by molar-refractivity contribution is -0.170. The number of rotatable bonds is 3. The molecule has 1 aliphatic rings. The van der Waals surface area contributed by atoms with E-state index in [2.05, 4.69) is 0 Å². The largest absolute Gasteiger partial charge is 0.471 e. The number of anilines is 2. The third-order valence-electron chi connectivity index (χ3n) is 4.98. The van der Waals surface area contributed by atoms with E-state index in [1.165, 1.54) is 48.5 Å². The van der Waals surface area contributed by atoms with Crippen LogP contribution in [-0.2, 0) is 14.8 Å². The van der Waals surface area contributed by atoms with Crippen LogP contribution in [0.4, 0.5) is 24.5 Å². The van der Waals surface area contributed by atoms with Crippen molar-refractivity contribution >= 4 is 27.3 Å². The molecule has 3 aromatic rings. The summed E-state index contributed by atoms with van der Waals surface area (Å²) in [5.74, 6) is -2.14. The summed E-state index contributed by atoms with van der Waals surface area (Å²) in [6, 6.07) is 19.4. The Balaban J connectivity index is 1.98. The predicted octanol–water partition coefficient (Wildman–Crippen LogP) is 4.80. The second kappa shape index (κ2) is 7.42.